The molecule has 3 rings (SSSR count). The molecule has 0 saturated heterocycles. The van der Waals surface area contributed by atoms with E-state index in [1.165, 1.54) is 10.9 Å². The SMILES string of the molecule is CC1=Nc2ccc3cc(O)ccc3c2C1(C)C. The van der Waals surface area contributed by atoms with E-state index >= 15 is 0 Å². The zero-order chi connectivity index (χ0) is 12.2. The normalized spacial score (nSPS) is 17.0. The first kappa shape index (κ1) is 10.3. The fraction of sp³-hybridized carbons (Fsp3) is 0.267. The summed E-state index contributed by atoms with van der Waals surface area (Å²) in [6.45, 7) is 6.47. The second-order valence-corrected chi connectivity index (χ2v) is 5.19. The number of benzene rings is 2. The number of fused-ring (bicyclic) bond motifs is 3. The highest BCUT2D eigenvalue weighted by Gasteiger charge is 2.33. The van der Waals surface area contributed by atoms with E-state index in [2.05, 4.69) is 25.8 Å². The van der Waals surface area contributed by atoms with Gasteiger partial charge in [-0.3, -0.25) is 4.99 Å². The summed E-state index contributed by atoms with van der Waals surface area (Å²) < 4.78 is 0. The van der Waals surface area contributed by atoms with Gasteiger partial charge in [-0.2, -0.15) is 0 Å². The quantitative estimate of drug-likeness (QED) is 0.724. The zero-order valence-corrected chi connectivity index (χ0v) is 10.3. The van der Waals surface area contributed by atoms with Crippen LogP contribution in [0.4, 0.5) is 5.69 Å². The third kappa shape index (κ3) is 1.30. The second-order valence-electron chi connectivity index (χ2n) is 5.19. The third-order valence-electron chi connectivity index (χ3n) is 3.80. The lowest BCUT2D eigenvalue weighted by molar-refractivity contribution is 0.476. The number of hydrogen-bond donors (Lipinski definition) is 1. The van der Waals surface area contributed by atoms with Gasteiger partial charge in [0.05, 0.1) is 5.69 Å². The summed E-state index contributed by atoms with van der Waals surface area (Å²) >= 11 is 0. The molecule has 1 aliphatic rings. The highest BCUT2D eigenvalue weighted by Crippen LogP contribution is 2.44. The number of aromatic hydroxyl groups is 1. The van der Waals surface area contributed by atoms with Gasteiger partial charge in [0.25, 0.3) is 0 Å². The first-order valence-corrected chi connectivity index (χ1v) is 5.82. The van der Waals surface area contributed by atoms with E-state index in [0.717, 1.165) is 16.8 Å². The lowest BCUT2D eigenvalue weighted by Gasteiger charge is -2.21. The first-order valence-electron chi connectivity index (χ1n) is 5.82. The standard InChI is InChI=1S/C15H15NO/c1-9-15(2,3)14-12-6-5-11(17)8-10(12)4-7-13(14)16-9/h4-8,17H,1-3H3. The number of phenols is 1. The summed E-state index contributed by atoms with van der Waals surface area (Å²) in [4.78, 5) is 4.63. The summed E-state index contributed by atoms with van der Waals surface area (Å²) in [6, 6.07) is 9.59. The summed E-state index contributed by atoms with van der Waals surface area (Å²) in [7, 11) is 0. The number of phenolic OH excluding ortho intramolecular Hbond substituents is 1. The van der Waals surface area contributed by atoms with Crippen molar-refractivity contribution in [2.24, 2.45) is 4.99 Å². The maximum Gasteiger partial charge on any atom is 0.116 e. The maximum atomic E-state index is 9.53. The molecule has 2 aromatic carbocycles. The van der Waals surface area contributed by atoms with Gasteiger partial charge in [0.1, 0.15) is 5.75 Å². The van der Waals surface area contributed by atoms with E-state index in [1.54, 1.807) is 12.1 Å². The fourth-order valence-corrected chi connectivity index (χ4v) is 2.56. The van der Waals surface area contributed by atoms with Gasteiger partial charge in [-0.1, -0.05) is 26.0 Å². The van der Waals surface area contributed by atoms with Gasteiger partial charge in [0.2, 0.25) is 0 Å². The van der Waals surface area contributed by atoms with E-state index in [4.69, 9.17) is 0 Å². The van der Waals surface area contributed by atoms with Crippen LogP contribution >= 0.6 is 0 Å². The smallest absolute Gasteiger partial charge is 0.116 e. The monoisotopic (exact) mass is 225 g/mol. The first-order chi connectivity index (χ1) is 8.00. The summed E-state index contributed by atoms with van der Waals surface area (Å²) in [5, 5.41) is 11.8. The van der Waals surface area contributed by atoms with Crippen LogP contribution in [-0.2, 0) is 5.41 Å². The number of hydrogen-bond acceptors (Lipinski definition) is 2. The van der Waals surface area contributed by atoms with E-state index in [1.807, 2.05) is 18.2 Å². The van der Waals surface area contributed by atoms with Crippen molar-refractivity contribution >= 4 is 22.2 Å². The minimum absolute atomic E-state index is 0.0220. The average Bonchev–Trinajstić information content (AvgIpc) is 2.50. The Hall–Kier alpha value is -1.83. The van der Waals surface area contributed by atoms with Gasteiger partial charge in [-0.15, -0.1) is 0 Å². The van der Waals surface area contributed by atoms with Crippen LogP contribution in [0.15, 0.2) is 35.3 Å². The molecule has 0 amide bonds. The van der Waals surface area contributed by atoms with Gasteiger partial charge >= 0.3 is 0 Å². The molecule has 2 nitrogen and oxygen atoms in total. The molecule has 0 unspecified atom stereocenters. The van der Waals surface area contributed by atoms with Gasteiger partial charge in [-0.25, -0.2) is 0 Å². The zero-order valence-electron chi connectivity index (χ0n) is 10.3. The fourth-order valence-electron chi connectivity index (χ4n) is 2.56. The number of rotatable bonds is 0. The summed E-state index contributed by atoms with van der Waals surface area (Å²) in [6.07, 6.45) is 0. The van der Waals surface area contributed by atoms with Crippen LogP contribution in [0.5, 0.6) is 5.75 Å². The van der Waals surface area contributed by atoms with Crippen LogP contribution < -0.4 is 0 Å². The molecule has 0 radical (unpaired) electrons. The Morgan fingerprint density at radius 3 is 2.65 bits per heavy atom. The molecule has 0 atom stereocenters. The van der Waals surface area contributed by atoms with Crippen LogP contribution in [0.1, 0.15) is 26.3 Å². The van der Waals surface area contributed by atoms with Gasteiger partial charge in [-0.05, 0) is 41.5 Å². The van der Waals surface area contributed by atoms with E-state index < -0.39 is 0 Å². The van der Waals surface area contributed by atoms with Crippen LogP contribution in [0.25, 0.3) is 10.8 Å². The highest BCUT2D eigenvalue weighted by atomic mass is 16.3. The molecule has 0 aliphatic carbocycles. The molecule has 1 heterocycles. The van der Waals surface area contributed by atoms with Crippen molar-refractivity contribution in [1.29, 1.82) is 0 Å². The van der Waals surface area contributed by atoms with Crippen molar-refractivity contribution in [1.82, 2.24) is 0 Å². The molecule has 1 aliphatic heterocycles. The molecule has 0 aromatic heterocycles. The Kier molecular flexibility index (Phi) is 1.88. The Bertz CT molecular complexity index is 653. The van der Waals surface area contributed by atoms with E-state index in [0.29, 0.717) is 5.75 Å². The molecule has 2 aromatic rings. The third-order valence-corrected chi connectivity index (χ3v) is 3.80. The van der Waals surface area contributed by atoms with E-state index in [-0.39, 0.29) is 5.41 Å². The Labute approximate surface area is 101 Å². The molecule has 1 N–H and O–H groups in total. The summed E-state index contributed by atoms with van der Waals surface area (Å²) in [5.74, 6) is 0.311. The van der Waals surface area contributed by atoms with Crippen LogP contribution in [0, 0.1) is 0 Å². The molecule has 0 fully saturated rings. The van der Waals surface area contributed by atoms with Gasteiger partial charge in [0.15, 0.2) is 0 Å². The Morgan fingerprint density at radius 2 is 1.88 bits per heavy atom. The van der Waals surface area contributed by atoms with Crippen LogP contribution in [0.2, 0.25) is 0 Å². The van der Waals surface area contributed by atoms with Crippen molar-refractivity contribution in [3.8, 4) is 5.75 Å². The highest BCUT2D eigenvalue weighted by molar-refractivity contribution is 6.06. The van der Waals surface area contributed by atoms with Crippen molar-refractivity contribution in [3.05, 3.63) is 35.9 Å². The van der Waals surface area contributed by atoms with Crippen LogP contribution in [-0.4, -0.2) is 10.8 Å². The second kappa shape index (κ2) is 3.10. The molecule has 0 spiro atoms. The molecular weight excluding hydrogens is 210 g/mol. The molecule has 2 heteroatoms. The van der Waals surface area contributed by atoms with Gasteiger partial charge < -0.3 is 5.11 Å². The van der Waals surface area contributed by atoms with Crippen LogP contribution in [0.3, 0.4) is 0 Å². The Balaban J connectivity index is 2.41. The summed E-state index contributed by atoms with van der Waals surface area (Å²) in [5.41, 5.74) is 3.46. The molecule has 0 bridgehead atoms. The topological polar surface area (TPSA) is 32.6 Å². The largest absolute Gasteiger partial charge is 0.508 e. The van der Waals surface area contributed by atoms with Crippen molar-refractivity contribution < 1.29 is 5.11 Å². The average molecular weight is 225 g/mol. The predicted octanol–water partition coefficient (Wildman–Crippen LogP) is 3.93. The predicted molar refractivity (Wildman–Crippen MR) is 71.4 cm³/mol. The van der Waals surface area contributed by atoms with Crippen molar-refractivity contribution in [2.45, 2.75) is 26.2 Å². The lowest BCUT2D eigenvalue weighted by Crippen LogP contribution is -2.22. The molecule has 17 heavy (non-hydrogen) atoms. The number of aliphatic imine (C=N–C) groups is 1. The van der Waals surface area contributed by atoms with Gasteiger partial charge in [0, 0.05) is 11.1 Å². The van der Waals surface area contributed by atoms with Crippen molar-refractivity contribution in [2.75, 3.05) is 0 Å². The van der Waals surface area contributed by atoms with E-state index in [9.17, 15) is 5.11 Å². The molecular formula is C15H15NO. The molecule has 86 valence electrons. The lowest BCUT2D eigenvalue weighted by atomic mass is 9.80. The maximum absolute atomic E-state index is 9.53. The minimum Gasteiger partial charge on any atom is -0.508 e. The number of nitrogens with zero attached hydrogens (tertiary/aromatic N) is 1. The Morgan fingerprint density at radius 1 is 1.12 bits per heavy atom. The van der Waals surface area contributed by atoms with Crippen molar-refractivity contribution in [3.63, 3.8) is 0 Å². The molecule has 0 saturated carbocycles. The minimum atomic E-state index is -0.0220.